The predicted octanol–water partition coefficient (Wildman–Crippen LogP) is -0.350. The van der Waals surface area contributed by atoms with Gasteiger partial charge in [0.25, 0.3) is 5.88 Å². The standard InChI is InChI=1S/C8H9N3O5/c9-5(8(13)14)1-4-2-6(11(15)16)7(12)10-3-4/h2-3,5H,1,9H2,(H,10,12)(H,13,14). The molecule has 1 aromatic heterocycles. The number of rotatable bonds is 4. The van der Waals surface area contributed by atoms with Crippen molar-refractivity contribution in [1.82, 2.24) is 4.98 Å². The summed E-state index contributed by atoms with van der Waals surface area (Å²) < 4.78 is 0. The molecule has 4 N–H and O–H groups in total. The lowest BCUT2D eigenvalue weighted by Gasteiger charge is -2.05. The van der Waals surface area contributed by atoms with Crippen LogP contribution in [0.3, 0.4) is 0 Å². The van der Waals surface area contributed by atoms with Gasteiger partial charge in [-0.25, -0.2) is 4.98 Å². The molecule has 0 saturated heterocycles. The first-order valence-corrected chi connectivity index (χ1v) is 4.22. The summed E-state index contributed by atoms with van der Waals surface area (Å²) in [6, 6.07) is -0.114. The molecule has 0 spiro atoms. The Morgan fingerprint density at radius 2 is 2.31 bits per heavy atom. The Kier molecular flexibility index (Phi) is 3.36. The number of aliphatic carboxylic acids is 1. The van der Waals surface area contributed by atoms with Crippen molar-refractivity contribution in [3.8, 4) is 5.88 Å². The van der Waals surface area contributed by atoms with Crippen molar-refractivity contribution in [3.63, 3.8) is 0 Å². The van der Waals surface area contributed by atoms with Gasteiger partial charge in [-0.05, 0) is 12.0 Å². The summed E-state index contributed by atoms with van der Waals surface area (Å²) in [5, 5.41) is 28.0. The van der Waals surface area contributed by atoms with E-state index in [-0.39, 0.29) is 12.0 Å². The van der Waals surface area contributed by atoms with Crippen LogP contribution in [-0.2, 0) is 11.2 Å². The summed E-state index contributed by atoms with van der Waals surface area (Å²) in [6.45, 7) is 0. The van der Waals surface area contributed by atoms with Crippen LogP contribution in [0.4, 0.5) is 5.69 Å². The maximum Gasteiger partial charge on any atom is 0.331 e. The van der Waals surface area contributed by atoms with Crippen molar-refractivity contribution in [1.29, 1.82) is 0 Å². The largest absolute Gasteiger partial charge is 0.488 e. The van der Waals surface area contributed by atoms with Crippen LogP contribution in [0.25, 0.3) is 0 Å². The van der Waals surface area contributed by atoms with E-state index in [1.165, 1.54) is 0 Å². The second-order valence-electron chi connectivity index (χ2n) is 3.09. The highest BCUT2D eigenvalue weighted by Gasteiger charge is 2.18. The average Bonchev–Trinajstić information content (AvgIpc) is 2.20. The number of nitro groups is 1. The van der Waals surface area contributed by atoms with Crippen molar-refractivity contribution < 1.29 is 19.9 Å². The lowest BCUT2D eigenvalue weighted by atomic mass is 10.1. The molecular weight excluding hydrogens is 218 g/mol. The van der Waals surface area contributed by atoms with Crippen LogP contribution in [-0.4, -0.2) is 32.1 Å². The van der Waals surface area contributed by atoms with E-state index in [0.717, 1.165) is 12.3 Å². The summed E-state index contributed by atoms with van der Waals surface area (Å²) >= 11 is 0. The number of hydrogen-bond acceptors (Lipinski definition) is 6. The van der Waals surface area contributed by atoms with E-state index in [2.05, 4.69) is 4.98 Å². The average molecular weight is 227 g/mol. The Hall–Kier alpha value is -2.22. The number of nitrogens with two attached hydrogens (primary N) is 1. The van der Waals surface area contributed by atoms with Crippen molar-refractivity contribution in [3.05, 3.63) is 27.9 Å². The molecule has 0 radical (unpaired) electrons. The molecule has 0 bridgehead atoms. The normalized spacial score (nSPS) is 12.1. The molecule has 1 atom stereocenters. The van der Waals surface area contributed by atoms with Gasteiger partial charge in [0.2, 0.25) is 0 Å². The molecule has 0 saturated carbocycles. The Morgan fingerprint density at radius 1 is 1.69 bits per heavy atom. The van der Waals surface area contributed by atoms with Gasteiger partial charge in [-0.2, -0.15) is 0 Å². The molecule has 1 heterocycles. The van der Waals surface area contributed by atoms with Gasteiger partial charge >= 0.3 is 11.7 Å². The van der Waals surface area contributed by atoms with E-state index < -0.39 is 28.5 Å². The van der Waals surface area contributed by atoms with Gasteiger partial charge in [0.1, 0.15) is 6.04 Å². The summed E-state index contributed by atoms with van der Waals surface area (Å²) in [6.07, 6.45) is 1.05. The molecule has 8 heteroatoms. The van der Waals surface area contributed by atoms with Gasteiger partial charge in [-0.3, -0.25) is 14.9 Å². The zero-order valence-electron chi connectivity index (χ0n) is 8.03. The van der Waals surface area contributed by atoms with Gasteiger partial charge < -0.3 is 15.9 Å². The molecule has 0 aliphatic heterocycles. The molecule has 0 fully saturated rings. The first-order chi connectivity index (χ1) is 7.41. The van der Waals surface area contributed by atoms with E-state index in [0.29, 0.717) is 0 Å². The molecule has 86 valence electrons. The Morgan fingerprint density at radius 3 is 2.81 bits per heavy atom. The van der Waals surface area contributed by atoms with Crippen LogP contribution in [0.5, 0.6) is 5.88 Å². The second-order valence-corrected chi connectivity index (χ2v) is 3.09. The van der Waals surface area contributed by atoms with Gasteiger partial charge in [0.05, 0.1) is 4.92 Å². The minimum atomic E-state index is -1.21. The highest BCUT2D eigenvalue weighted by molar-refractivity contribution is 5.73. The van der Waals surface area contributed by atoms with E-state index in [1.807, 2.05) is 0 Å². The maximum absolute atomic E-state index is 10.5. The number of nitrogens with zero attached hydrogens (tertiary/aromatic N) is 2. The molecule has 0 amide bonds. The van der Waals surface area contributed by atoms with E-state index in [9.17, 15) is 14.9 Å². The summed E-state index contributed by atoms with van der Waals surface area (Å²) in [4.78, 5) is 23.5. The molecule has 0 aromatic carbocycles. The maximum atomic E-state index is 10.5. The van der Waals surface area contributed by atoms with Gasteiger partial charge in [0.15, 0.2) is 0 Å². The number of carboxylic acids is 1. The van der Waals surface area contributed by atoms with Crippen LogP contribution < -0.4 is 5.73 Å². The second kappa shape index (κ2) is 4.53. The van der Waals surface area contributed by atoms with Gasteiger partial charge in [0, 0.05) is 12.3 Å². The number of aromatic nitrogens is 1. The van der Waals surface area contributed by atoms with Crippen molar-refractivity contribution >= 4 is 11.7 Å². The van der Waals surface area contributed by atoms with Crippen molar-refractivity contribution in [2.45, 2.75) is 12.5 Å². The fourth-order valence-electron chi connectivity index (χ4n) is 1.07. The van der Waals surface area contributed by atoms with Crippen molar-refractivity contribution in [2.75, 3.05) is 0 Å². The number of aromatic hydroxyl groups is 1. The molecule has 16 heavy (non-hydrogen) atoms. The van der Waals surface area contributed by atoms with Crippen LogP contribution in [0.15, 0.2) is 12.3 Å². The molecule has 8 nitrogen and oxygen atoms in total. The summed E-state index contributed by atoms with van der Waals surface area (Å²) in [7, 11) is 0. The quantitative estimate of drug-likeness (QED) is 0.471. The molecule has 1 unspecified atom stereocenters. The third-order valence-electron chi connectivity index (χ3n) is 1.87. The topological polar surface area (TPSA) is 140 Å². The van der Waals surface area contributed by atoms with Crippen LogP contribution in [0.2, 0.25) is 0 Å². The van der Waals surface area contributed by atoms with Gasteiger partial charge in [-0.1, -0.05) is 0 Å². The number of carboxylic acid groups (broad SMARTS) is 1. The van der Waals surface area contributed by atoms with Crippen LogP contribution >= 0.6 is 0 Å². The SMILES string of the molecule is NC(Cc1cnc(O)c([N+](=O)[O-])c1)C(=O)O. The fraction of sp³-hybridized carbons (Fsp3) is 0.250. The fourth-order valence-corrected chi connectivity index (χ4v) is 1.07. The Bertz CT molecular complexity index is 434. The lowest BCUT2D eigenvalue weighted by molar-refractivity contribution is -0.386. The zero-order chi connectivity index (χ0) is 12.3. The third kappa shape index (κ3) is 2.64. The summed E-state index contributed by atoms with van der Waals surface area (Å²) in [5.41, 5.74) is 4.96. The molecular formula is C8H9N3O5. The van der Waals surface area contributed by atoms with E-state index >= 15 is 0 Å². The van der Waals surface area contributed by atoms with E-state index in [4.69, 9.17) is 15.9 Å². The minimum Gasteiger partial charge on any atom is -0.488 e. The lowest BCUT2D eigenvalue weighted by Crippen LogP contribution is -2.32. The third-order valence-corrected chi connectivity index (χ3v) is 1.87. The Labute approximate surface area is 89.5 Å². The molecule has 1 rings (SSSR count). The number of pyridine rings is 1. The highest BCUT2D eigenvalue weighted by Crippen LogP contribution is 2.23. The van der Waals surface area contributed by atoms with Gasteiger partial charge in [-0.15, -0.1) is 0 Å². The first-order valence-electron chi connectivity index (χ1n) is 4.22. The highest BCUT2D eigenvalue weighted by atomic mass is 16.6. The Balaban J connectivity index is 2.95. The monoisotopic (exact) mass is 227 g/mol. The summed E-state index contributed by atoms with van der Waals surface area (Å²) in [5.74, 6) is -1.92. The number of hydrogen-bond donors (Lipinski definition) is 3. The van der Waals surface area contributed by atoms with Crippen molar-refractivity contribution in [2.24, 2.45) is 5.73 Å². The molecule has 0 aliphatic carbocycles. The van der Waals surface area contributed by atoms with Crippen LogP contribution in [0.1, 0.15) is 5.56 Å². The van der Waals surface area contributed by atoms with E-state index in [1.54, 1.807) is 0 Å². The molecule has 0 aliphatic rings. The smallest absolute Gasteiger partial charge is 0.331 e. The molecule has 1 aromatic rings. The minimum absolute atomic E-state index is 0.0938. The predicted molar refractivity (Wildman–Crippen MR) is 51.9 cm³/mol. The zero-order valence-corrected chi connectivity index (χ0v) is 8.03. The first kappa shape index (κ1) is 11.9. The van der Waals surface area contributed by atoms with Crippen LogP contribution in [0, 0.1) is 10.1 Å². The number of carbonyl (C=O) groups is 1.